The Balaban J connectivity index is 1.66. The monoisotopic (exact) mass is 372 g/mol. The fourth-order valence-electron chi connectivity index (χ4n) is 4.11. The summed E-state index contributed by atoms with van der Waals surface area (Å²) in [6, 6.07) is 0. The summed E-state index contributed by atoms with van der Waals surface area (Å²) in [6.07, 6.45) is 2.29. The van der Waals surface area contributed by atoms with E-state index in [4.69, 9.17) is 4.98 Å². The summed E-state index contributed by atoms with van der Waals surface area (Å²) in [5.74, 6) is 1.69. The van der Waals surface area contributed by atoms with Crippen LogP contribution in [-0.4, -0.2) is 81.1 Å². The molecule has 26 heavy (non-hydrogen) atoms. The van der Waals surface area contributed by atoms with Gasteiger partial charge in [-0.05, 0) is 42.4 Å². The van der Waals surface area contributed by atoms with Crippen LogP contribution in [-0.2, 0) is 13.0 Å². The highest BCUT2D eigenvalue weighted by Crippen LogP contribution is 2.39. The van der Waals surface area contributed by atoms with Crippen molar-refractivity contribution in [3.05, 3.63) is 10.4 Å². The van der Waals surface area contributed by atoms with E-state index in [9.17, 15) is 0 Å². The van der Waals surface area contributed by atoms with Crippen LogP contribution < -0.4 is 4.90 Å². The van der Waals surface area contributed by atoms with E-state index in [2.05, 4.69) is 44.2 Å². The molecule has 0 aliphatic carbocycles. The zero-order valence-electron chi connectivity index (χ0n) is 15.3. The predicted molar refractivity (Wildman–Crippen MR) is 103 cm³/mol. The number of hydrogen-bond acceptors (Lipinski definition) is 8. The summed E-state index contributed by atoms with van der Waals surface area (Å²) < 4.78 is 1.82. The van der Waals surface area contributed by atoms with Gasteiger partial charge in [-0.3, -0.25) is 4.90 Å². The van der Waals surface area contributed by atoms with Crippen molar-refractivity contribution in [2.45, 2.75) is 26.3 Å². The first-order chi connectivity index (χ1) is 12.7. The average molecular weight is 373 g/mol. The molecule has 0 atom stereocenters. The molecule has 5 heterocycles. The minimum Gasteiger partial charge on any atom is -0.353 e. The van der Waals surface area contributed by atoms with E-state index in [-0.39, 0.29) is 0 Å². The van der Waals surface area contributed by atoms with E-state index in [1.165, 1.54) is 22.2 Å². The van der Waals surface area contributed by atoms with Gasteiger partial charge in [-0.25, -0.2) is 0 Å². The van der Waals surface area contributed by atoms with Crippen molar-refractivity contribution in [2.75, 3.05) is 51.2 Å². The summed E-state index contributed by atoms with van der Waals surface area (Å²) in [7, 11) is 2.18. The summed E-state index contributed by atoms with van der Waals surface area (Å²) in [4.78, 5) is 14.8. The molecule has 8 nitrogen and oxygen atoms in total. The topological polar surface area (TPSA) is 65.7 Å². The Morgan fingerprint density at radius 3 is 2.77 bits per heavy atom. The number of likely N-dealkylation sites (N-methyl/N-ethyl adjacent to an activating group) is 1. The van der Waals surface area contributed by atoms with Gasteiger partial charge in [0.25, 0.3) is 5.78 Å². The maximum atomic E-state index is 4.88. The highest BCUT2D eigenvalue weighted by Gasteiger charge is 2.28. The molecule has 5 rings (SSSR count). The van der Waals surface area contributed by atoms with Crippen molar-refractivity contribution in [2.24, 2.45) is 0 Å². The van der Waals surface area contributed by atoms with Crippen LogP contribution in [0.4, 0.5) is 5.82 Å². The van der Waals surface area contributed by atoms with Gasteiger partial charge in [-0.15, -0.1) is 11.3 Å². The van der Waals surface area contributed by atoms with Gasteiger partial charge >= 0.3 is 0 Å². The second kappa shape index (κ2) is 6.40. The number of fused-ring (bicyclic) bond motifs is 5. The maximum Gasteiger partial charge on any atom is 0.276 e. The molecule has 0 saturated carbocycles. The van der Waals surface area contributed by atoms with Crippen LogP contribution in [0.3, 0.4) is 0 Å². The fraction of sp³-hybridized carbons (Fsp3) is 0.647. The first kappa shape index (κ1) is 16.3. The Morgan fingerprint density at radius 2 is 1.96 bits per heavy atom. The van der Waals surface area contributed by atoms with Crippen LogP contribution in [0.2, 0.25) is 0 Å². The highest BCUT2D eigenvalue weighted by molar-refractivity contribution is 7.19. The third-order valence-corrected chi connectivity index (χ3v) is 6.73. The van der Waals surface area contributed by atoms with Crippen LogP contribution >= 0.6 is 11.3 Å². The largest absolute Gasteiger partial charge is 0.353 e. The molecule has 3 aromatic heterocycles. The van der Waals surface area contributed by atoms with Gasteiger partial charge in [0.1, 0.15) is 10.6 Å². The molecule has 138 valence electrons. The van der Waals surface area contributed by atoms with Crippen molar-refractivity contribution in [3.8, 4) is 0 Å². The normalized spacial score (nSPS) is 19.5. The minimum atomic E-state index is 0.607. The van der Waals surface area contributed by atoms with E-state index in [1.807, 2.05) is 15.9 Å². The van der Waals surface area contributed by atoms with Gasteiger partial charge in [0.2, 0.25) is 0 Å². The van der Waals surface area contributed by atoms with Gasteiger partial charge in [0, 0.05) is 44.1 Å². The molecule has 0 radical (unpaired) electrons. The van der Waals surface area contributed by atoms with E-state index >= 15 is 0 Å². The highest BCUT2D eigenvalue weighted by atomic mass is 32.1. The molecule has 0 spiro atoms. The Bertz CT molecular complexity index is 939. The first-order valence-electron chi connectivity index (χ1n) is 9.42. The lowest BCUT2D eigenvalue weighted by Gasteiger charge is -2.34. The van der Waals surface area contributed by atoms with Gasteiger partial charge in [0.15, 0.2) is 0 Å². The number of piperazine rings is 1. The molecule has 0 N–H and O–H groups in total. The Labute approximate surface area is 156 Å². The Morgan fingerprint density at radius 1 is 1.12 bits per heavy atom. The molecule has 9 heteroatoms. The molecule has 0 bridgehead atoms. The van der Waals surface area contributed by atoms with Gasteiger partial charge < -0.3 is 9.80 Å². The third kappa shape index (κ3) is 2.57. The average Bonchev–Trinajstić information content (AvgIpc) is 3.25. The van der Waals surface area contributed by atoms with Crippen molar-refractivity contribution >= 4 is 33.1 Å². The number of nitrogens with zero attached hydrogens (tertiary/aromatic N) is 8. The van der Waals surface area contributed by atoms with Gasteiger partial charge in [-0.2, -0.15) is 9.50 Å². The molecule has 0 amide bonds. The molecule has 3 aromatic rings. The molecule has 0 unspecified atom stereocenters. The Kier molecular flexibility index (Phi) is 4.02. The molecule has 0 aromatic carbocycles. The summed E-state index contributed by atoms with van der Waals surface area (Å²) in [6.45, 7) is 9.71. The number of thiophene rings is 1. The second-order valence-corrected chi connectivity index (χ2v) is 8.41. The van der Waals surface area contributed by atoms with Crippen LogP contribution in [0.25, 0.3) is 16.0 Å². The van der Waals surface area contributed by atoms with E-state index in [0.29, 0.717) is 5.78 Å². The standard InChI is InChI=1S/C17H24N8S/c1-3-5-23-6-4-12-13(11-23)26-16-14(12)15(18-17-19-20-21-25(16)17)24-9-7-22(2)8-10-24/h3-11H2,1-2H3. The molecule has 2 aliphatic rings. The fourth-order valence-corrected chi connectivity index (χ4v) is 5.44. The van der Waals surface area contributed by atoms with Crippen molar-refractivity contribution in [3.63, 3.8) is 0 Å². The van der Waals surface area contributed by atoms with Gasteiger partial charge in [-0.1, -0.05) is 12.0 Å². The lowest BCUT2D eigenvalue weighted by atomic mass is 10.0. The van der Waals surface area contributed by atoms with Crippen molar-refractivity contribution in [1.29, 1.82) is 0 Å². The molecular formula is C17H24N8S. The SMILES string of the molecule is CCCN1CCc2c(sc3c2c(N2CCN(C)CC2)nc2nnnn23)C1. The number of anilines is 1. The van der Waals surface area contributed by atoms with Crippen molar-refractivity contribution in [1.82, 2.24) is 34.8 Å². The number of tetrazole rings is 1. The zero-order chi connectivity index (χ0) is 17.7. The quantitative estimate of drug-likeness (QED) is 0.686. The van der Waals surface area contributed by atoms with Crippen LogP contribution in [0, 0.1) is 0 Å². The third-order valence-electron chi connectivity index (χ3n) is 5.53. The van der Waals surface area contributed by atoms with Gasteiger partial charge in [0.05, 0.1) is 5.39 Å². The zero-order valence-corrected chi connectivity index (χ0v) is 16.2. The first-order valence-corrected chi connectivity index (χ1v) is 10.2. The summed E-state index contributed by atoms with van der Waals surface area (Å²) in [5.41, 5.74) is 1.47. The molecule has 1 fully saturated rings. The summed E-state index contributed by atoms with van der Waals surface area (Å²) >= 11 is 1.84. The van der Waals surface area contributed by atoms with Crippen LogP contribution in [0.15, 0.2) is 0 Å². The lowest BCUT2D eigenvalue weighted by molar-refractivity contribution is 0.258. The minimum absolute atomic E-state index is 0.607. The molecular weight excluding hydrogens is 348 g/mol. The van der Waals surface area contributed by atoms with E-state index in [1.54, 1.807) is 0 Å². The van der Waals surface area contributed by atoms with E-state index < -0.39 is 0 Å². The molecule has 2 aliphatic heterocycles. The summed E-state index contributed by atoms with van der Waals surface area (Å²) in [5, 5.41) is 13.5. The number of aromatic nitrogens is 5. The maximum absolute atomic E-state index is 4.88. The Hall–Kier alpha value is -1.84. The molecule has 1 saturated heterocycles. The lowest BCUT2D eigenvalue weighted by Crippen LogP contribution is -2.45. The van der Waals surface area contributed by atoms with Crippen LogP contribution in [0.1, 0.15) is 23.8 Å². The van der Waals surface area contributed by atoms with E-state index in [0.717, 1.165) is 62.9 Å². The van der Waals surface area contributed by atoms with Crippen LogP contribution in [0.5, 0.6) is 0 Å². The predicted octanol–water partition coefficient (Wildman–Crippen LogP) is 1.25. The number of rotatable bonds is 3. The number of hydrogen-bond donors (Lipinski definition) is 0. The van der Waals surface area contributed by atoms with Crippen molar-refractivity contribution < 1.29 is 0 Å². The second-order valence-electron chi connectivity index (χ2n) is 7.33. The smallest absolute Gasteiger partial charge is 0.276 e.